The largest absolute Gasteiger partial charge is 0.341 e. The summed E-state index contributed by atoms with van der Waals surface area (Å²) in [5, 5.41) is 0. The van der Waals surface area contributed by atoms with Crippen LogP contribution < -0.4 is 0 Å². The van der Waals surface area contributed by atoms with Gasteiger partial charge in [-0.05, 0) is 45.2 Å². The van der Waals surface area contributed by atoms with Crippen molar-refractivity contribution in [3.8, 4) is 0 Å². The van der Waals surface area contributed by atoms with Gasteiger partial charge in [-0.15, -0.1) is 0 Å². The molecule has 0 aromatic carbocycles. The number of nitrogens with zero attached hydrogens (tertiary/aromatic N) is 4. The predicted molar refractivity (Wildman–Crippen MR) is 89.4 cm³/mol. The monoisotopic (exact) mass is 336 g/mol. The topological polar surface area (TPSA) is 64.2 Å². The highest BCUT2D eigenvalue weighted by molar-refractivity contribution is 6.01. The van der Waals surface area contributed by atoms with Gasteiger partial charge in [0.25, 0.3) is 0 Å². The molecule has 3 aliphatic rings. The van der Waals surface area contributed by atoms with Crippen molar-refractivity contribution in [2.45, 2.75) is 44.6 Å². The number of piperidine rings is 1. The lowest BCUT2D eigenvalue weighted by Gasteiger charge is -2.37. The Morgan fingerprint density at radius 1 is 1.12 bits per heavy atom. The smallest absolute Gasteiger partial charge is 0.326 e. The minimum absolute atomic E-state index is 0.149. The molecule has 0 bridgehead atoms. The van der Waals surface area contributed by atoms with Crippen molar-refractivity contribution in [1.29, 1.82) is 0 Å². The summed E-state index contributed by atoms with van der Waals surface area (Å²) >= 11 is 0. The molecule has 0 radical (unpaired) electrons. The zero-order valence-electron chi connectivity index (χ0n) is 14.6. The molecule has 3 saturated heterocycles. The number of urea groups is 1. The second-order valence-corrected chi connectivity index (χ2v) is 7.17. The van der Waals surface area contributed by atoms with Crippen LogP contribution in [0.2, 0.25) is 0 Å². The van der Waals surface area contributed by atoms with Crippen LogP contribution in [0.4, 0.5) is 4.79 Å². The maximum atomic E-state index is 12.5. The van der Waals surface area contributed by atoms with Crippen LogP contribution in [0.5, 0.6) is 0 Å². The highest BCUT2D eigenvalue weighted by Gasteiger charge is 2.33. The number of likely N-dealkylation sites (N-methyl/N-ethyl adjacent to an activating group) is 1. The van der Waals surface area contributed by atoms with Crippen LogP contribution in [-0.4, -0.2) is 89.8 Å². The van der Waals surface area contributed by atoms with Gasteiger partial charge in [0.15, 0.2) is 0 Å². The summed E-state index contributed by atoms with van der Waals surface area (Å²) in [4.78, 5) is 43.2. The van der Waals surface area contributed by atoms with Crippen LogP contribution in [0.1, 0.15) is 38.5 Å². The third-order valence-corrected chi connectivity index (χ3v) is 5.41. The summed E-state index contributed by atoms with van der Waals surface area (Å²) in [6.45, 7) is 4.50. The van der Waals surface area contributed by atoms with Gasteiger partial charge in [-0.2, -0.15) is 0 Å². The zero-order valence-corrected chi connectivity index (χ0v) is 14.6. The highest BCUT2D eigenvalue weighted by atomic mass is 16.2. The Labute approximate surface area is 143 Å². The van der Waals surface area contributed by atoms with Crippen LogP contribution in [0.3, 0.4) is 0 Å². The van der Waals surface area contributed by atoms with E-state index in [1.165, 1.54) is 42.2 Å². The summed E-state index contributed by atoms with van der Waals surface area (Å²) in [5.74, 6) is -0.00614. The second-order valence-electron chi connectivity index (χ2n) is 7.17. The molecule has 0 aliphatic carbocycles. The lowest BCUT2D eigenvalue weighted by molar-refractivity contribution is -0.134. The van der Waals surface area contributed by atoms with Crippen molar-refractivity contribution in [1.82, 2.24) is 19.6 Å². The number of carbonyl (C=O) groups excluding carboxylic acids is 3. The molecule has 7 heteroatoms. The normalized spacial score (nSPS) is 25.9. The third-order valence-electron chi connectivity index (χ3n) is 5.41. The summed E-state index contributed by atoms with van der Waals surface area (Å²) in [7, 11) is 1.62. The van der Waals surface area contributed by atoms with E-state index in [1.807, 2.05) is 4.90 Å². The average molecular weight is 336 g/mol. The standard InChI is InChI=1S/C17H28N4O3/c1-18-13-16(23)21(17(18)24)11-5-7-15(22)20-10-4-6-14(12-20)19-8-2-3-9-19/h14H,2-13H2,1H3. The Bertz CT molecular complexity index is 504. The Hall–Kier alpha value is -1.63. The lowest BCUT2D eigenvalue weighted by Crippen LogP contribution is -2.49. The maximum absolute atomic E-state index is 12.5. The minimum atomic E-state index is -0.250. The summed E-state index contributed by atoms with van der Waals surface area (Å²) < 4.78 is 0. The Balaban J connectivity index is 1.43. The van der Waals surface area contributed by atoms with Gasteiger partial charge >= 0.3 is 6.03 Å². The van der Waals surface area contributed by atoms with E-state index < -0.39 is 0 Å². The van der Waals surface area contributed by atoms with E-state index >= 15 is 0 Å². The molecule has 3 fully saturated rings. The molecule has 7 nitrogen and oxygen atoms in total. The summed E-state index contributed by atoms with van der Waals surface area (Å²) in [6.07, 6.45) is 5.77. The van der Waals surface area contributed by atoms with E-state index in [0.717, 1.165) is 19.5 Å². The van der Waals surface area contributed by atoms with Crippen LogP contribution in [-0.2, 0) is 9.59 Å². The zero-order chi connectivity index (χ0) is 17.1. The van der Waals surface area contributed by atoms with E-state index in [-0.39, 0.29) is 24.4 Å². The van der Waals surface area contributed by atoms with Gasteiger partial charge in [0.05, 0.1) is 0 Å². The maximum Gasteiger partial charge on any atom is 0.326 e. The van der Waals surface area contributed by atoms with Gasteiger partial charge < -0.3 is 9.80 Å². The number of carbonyl (C=O) groups is 3. The molecule has 3 heterocycles. The summed E-state index contributed by atoms with van der Waals surface area (Å²) in [6, 6.07) is 0.264. The molecule has 4 amide bonds. The molecule has 134 valence electrons. The molecule has 0 spiro atoms. The molecule has 1 unspecified atom stereocenters. The second kappa shape index (κ2) is 7.51. The van der Waals surface area contributed by atoms with Gasteiger partial charge in [-0.3, -0.25) is 19.4 Å². The Morgan fingerprint density at radius 2 is 1.88 bits per heavy atom. The van der Waals surface area contributed by atoms with E-state index in [4.69, 9.17) is 0 Å². The van der Waals surface area contributed by atoms with Gasteiger partial charge in [0, 0.05) is 39.1 Å². The quantitative estimate of drug-likeness (QED) is 0.695. The lowest BCUT2D eigenvalue weighted by atomic mass is 10.0. The first-order valence-corrected chi connectivity index (χ1v) is 9.13. The molecule has 1 atom stereocenters. The van der Waals surface area contributed by atoms with Gasteiger partial charge in [0.2, 0.25) is 11.8 Å². The van der Waals surface area contributed by atoms with E-state index in [2.05, 4.69) is 4.90 Å². The molecule has 0 aromatic heterocycles. The predicted octanol–water partition coefficient (Wildman–Crippen LogP) is 0.747. The van der Waals surface area contributed by atoms with Gasteiger partial charge in [0.1, 0.15) is 6.54 Å². The fourth-order valence-corrected chi connectivity index (χ4v) is 4.02. The Kier molecular flexibility index (Phi) is 5.38. The summed E-state index contributed by atoms with van der Waals surface area (Å²) in [5.41, 5.74) is 0. The van der Waals surface area contributed by atoms with Gasteiger partial charge in [-0.25, -0.2) is 4.79 Å². The first kappa shape index (κ1) is 17.2. The minimum Gasteiger partial charge on any atom is -0.341 e. The van der Waals surface area contributed by atoms with Crippen molar-refractivity contribution in [2.75, 3.05) is 46.3 Å². The number of hydrogen-bond acceptors (Lipinski definition) is 4. The van der Waals surface area contributed by atoms with Crippen molar-refractivity contribution >= 4 is 17.8 Å². The van der Waals surface area contributed by atoms with Crippen LogP contribution in [0, 0.1) is 0 Å². The number of likely N-dealkylation sites (tertiary alicyclic amines) is 2. The number of amides is 4. The molecule has 0 aromatic rings. The van der Waals surface area contributed by atoms with E-state index in [1.54, 1.807) is 7.05 Å². The van der Waals surface area contributed by atoms with Crippen molar-refractivity contribution in [3.05, 3.63) is 0 Å². The highest BCUT2D eigenvalue weighted by Crippen LogP contribution is 2.21. The fraction of sp³-hybridized carbons (Fsp3) is 0.824. The van der Waals surface area contributed by atoms with Crippen LogP contribution in [0.15, 0.2) is 0 Å². The van der Waals surface area contributed by atoms with Crippen molar-refractivity contribution in [2.24, 2.45) is 0 Å². The molecular formula is C17H28N4O3. The van der Waals surface area contributed by atoms with E-state index in [9.17, 15) is 14.4 Å². The van der Waals surface area contributed by atoms with Crippen molar-refractivity contribution in [3.63, 3.8) is 0 Å². The molecular weight excluding hydrogens is 308 g/mol. The van der Waals surface area contributed by atoms with Crippen molar-refractivity contribution < 1.29 is 14.4 Å². The molecule has 24 heavy (non-hydrogen) atoms. The first-order chi connectivity index (χ1) is 11.6. The molecule has 0 N–H and O–H groups in total. The van der Waals surface area contributed by atoms with E-state index in [0.29, 0.717) is 25.4 Å². The van der Waals surface area contributed by atoms with Crippen LogP contribution in [0.25, 0.3) is 0 Å². The molecule has 0 saturated carbocycles. The first-order valence-electron chi connectivity index (χ1n) is 9.13. The average Bonchev–Trinajstić information content (AvgIpc) is 3.19. The SMILES string of the molecule is CN1CC(=O)N(CCCC(=O)N2CCCC(N3CCCC3)C2)C1=O. The van der Waals surface area contributed by atoms with Gasteiger partial charge in [-0.1, -0.05) is 0 Å². The number of imide groups is 1. The number of rotatable bonds is 5. The fourth-order valence-electron chi connectivity index (χ4n) is 4.02. The van der Waals surface area contributed by atoms with Crippen LogP contribution >= 0.6 is 0 Å². The molecule has 3 aliphatic heterocycles. The third kappa shape index (κ3) is 3.71. The Morgan fingerprint density at radius 3 is 2.54 bits per heavy atom. The molecule has 3 rings (SSSR count). The number of hydrogen-bond donors (Lipinski definition) is 0.